The number of aryl methyl sites for hydroxylation is 1. The van der Waals surface area contributed by atoms with E-state index in [1.165, 1.54) is 0 Å². The van der Waals surface area contributed by atoms with E-state index in [1.807, 2.05) is 33.8 Å². The molecule has 4 heteroatoms. The second-order valence-electron chi connectivity index (χ2n) is 5.62. The predicted molar refractivity (Wildman–Crippen MR) is 91.0 cm³/mol. The van der Waals surface area contributed by atoms with Gasteiger partial charge in [-0.3, -0.25) is 4.79 Å². The molecule has 0 aliphatic heterocycles. The Morgan fingerprint density at radius 2 is 1.77 bits per heavy atom. The van der Waals surface area contributed by atoms with Crippen LogP contribution in [0.3, 0.4) is 0 Å². The van der Waals surface area contributed by atoms with Crippen LogP contribution in [-0.4, -0.2) is 11.9 Å². The number of nitrogen functional groups attached to an aromatic ring is 1. The number of ether oxygens (including phenoxy) is 1. The molecular weight excluding hydrogens is 298 g/mol. The average Bonchev–Trinajstić information content (AvgIpc) is 2.45. The summed E-state index contributed by atoms with van der Waals surface area (Å²) in [5.41, 5.74) is 8.96. The predicted octanol–water partition coefficient (Wildman–Crippen LogP) is 4.56. The van der Waals surface area contributed by atoms with Crippen molar-refractivity contribution >= 4 is 23.1 Å². The Kier molecular flexibility index (Phi) is 4.77. The summed E-state index contributed by atoms with van der Waals surface area (Å²) in [5.74, 6) is 0.484. The highest BCUT2D eigenvalue weighted by Crippen LogP contribution is 2.34. The molecule has 3 nitrogen and oxygen atoms in total. The minimum atomic E-state index is -0.112. The van der Waals surface area contributed by atoms with Crippen molar-refractivity contribution < 1.29 is 9.53 Å². The van der Waals surface area contributed by atoms with Gasteiger partial charge in [-0.15, -0.1) is 0 Å². The van der Waals surface area contributed by atoms with Gasteiger partial charge in [-0.2, -0.15) is 0 Å². The van der Waals surface area contributed by atoms with Crippen molar-refractivity contribution in [1.82, 2.24) is 0 Å². The SMILES string of the molecule is Cc1cc(Cl)c(C)c(C(=O)c2ccc(N)cc2)c1OC(C)C. The van der Waals surface area contributed by atoms with E-state index in [-0.39, 0.29) is 11.9 Å². The number of carbonyl (C=O) groups is 1. The van der Waals surface area contributed by atoms with Gasteiger partial charge < -0.3 is 10.5 Å². The summed E-state index contributed by atoms with van der Waals surface area (Å²) in [5, 5.41) is 0.562. The van der Waals surface area contributed by atoms with E-state index in [1.54, 1.807) is 24.3 Å². The van der Waals surface area contributed by atoms with Gasteiger partial charge in [0.2, 0.25) is 0 Å². The number of hydrogen-bond acceptors (Lipinski definition) is 3. The van der Waals surface area contributed by atoms with Gasteiger partial charge in [0.1, 0.15) is 5.75 Å². The zero-order chi connectivity index (χ0) is 16.4. The first-order valence-corrected chi connectivity index (χ1v) is 7.55. The van der Waals surface area contributed by atoms with Gasteiger partial charge in [-0.05, 0) is 69.2 Å². The second kappa shape index (κ2) is 6.41. The Hall–Kier alpha value is -2.00. The third-order valence-corrected chi connectivity index (χ3v) is 3.81. The molecule has 0 amide bonds. The molecular formula is C18H20ClNO2. The molecule has 2 aromatic rings. The Bertz CT molecular complexity index is 706. The zero-order valence-corrected chi connectivity index (χ0v) is 14.0. The van der Waals surface area contributed by atoms with Crippen LogP contribution in [0.2, 0.25) is 5.02 Å². The highest BCUT2D eigenvalue weighted by Gasteiger charge is 2.22. The smallest absolute Gasteiger partial charge is 0.197 e. The molecule has 0 spiro atoms. The van der Waals surface area contributed by atoms with Gasteiger partial charge >= 0.3 is 0 Å². The Labute approximate surface area is 136 Å². The summed E-state index contributed by atoms with van der Waals surface area (Å²) in [4.78, 5) is 12.9. The number of nitrogens with two attached hydrogens (primary N) is 1. The van der Waals surface area contributed by atoms with Crippen molar-refractivity contribution in [1.29, 1.82) is 0 Å². The number of halogens is 1. The molecule has 0 aliphatic rings. The van der Waals surface area contributed by atoms with Crippen LogP contribution in [-0.2, 0) is 0 Å². The third kappa shape index (κ3) is 3.25. The highest BCUT2D eigenvalue weighted by molar-refractivity contribution is 6.32. The number of anilines is 1. The number of carbonyl (C=O) groups excluding carboxylic acids is 1. The maximum atomic E-state index is 12.9. The molecule has 22 heavy (non-hydrogen) atoms. The fourth-order valence-corrected chi connectivity index (χ4v) is 2.55. The Balaban J connectivity index is 2.61. The van der Waals surface area contributed by atoms with E-state index in [2.05, 4.69) is 0 Å². The van der Waals surface area contributed by atoms with Crippen molar-refractivity contribution in [3.05, 3.63) is 57.6 Å². The molecule has 0 aliphatic carbocycles. The zero-order valence-electron chi connectivity index (χ0n) is 13.2. The first-order chi connectivity index (χ1) is 10.3. The normalized spacial score (nSPS) is 10.8. The van der Waals surface area contributed by atoms with Crippen LogP contribution in [0.25, 0.3) is 0 Å². The van der Waals surface area contributed by atoms with Crippen molar-refractivity contribution in [3.63, 3.8) is 0 Å². The lowest BCUT2D eigenvalue weighted by atomic mass is 9.95. The van der Waals surface area contributed by atoms with Gasteiger partial charge in [0.15, 0.2) is 5.78 Å². The molecule has 2 aromatic carbocycles. The van der Waals surface area contributed by atoms with Gasteiger partial charge in [-0.25, -0.2) is 0 Å². The van der Waals surface area contributed by atoms with Crippen LogP contribution in [0.1, 0.15) is 40.9 Å². The summed E-state index contributed by atoms with van der Waals surface area (Å²) in [6.07, 6.45) is -0.0303. The van der Waals surface area contributed by atoms with E-state index in [9.17, 15) is 4.79 Å². The molecule has 0 atom stereocenters. The van der Waals surface area contributed by atoms with Crippen molar-refractivity contribution in [2.24, 2.45) is 0 Å². The van der Waals surface area contributed by atoms with Gasteiger partial charge in [0.25, 0.3) is 0 Å². The van der Waals surface area contributed by atoms with Crippen LogP contribution in [0.4, 0.5) is 5.69 Å². The lowest BCUT2D eigenvalue weighted by Crippen LogP contribution is -2.14. The van der Waals surface area contributed by atoms with Crippen molar-refractivity contribution in [3.8, 4) is 5.75 Å². The fraction of sp³-hybridized carbons (Fsp3) is 0.278. The summed E-state index contributed by atoms with van der Waals surface area (Å²) in [6.45, 7) is 7.59. The summed E-state index contributed by atoms with van der Waals surface area (Å²) in [7, 11) is 0. The Morgan fingerprint density at radius 3 is 2.32 bits per heavy atom. The lowest BCUT2D eigenvalue weighted by Gasteiger charge is -2.19. The molecule has 0 bridgehead atoms. The lowest BCUT2D eigenvalue weighted by molar-refractivity contribution is 0.103. The average molecular weight is 318 g/mol. The quantitative estimate of drug-likeness (QED) is 0.664. The largest absolute Gasteiger partial charge is 0.490 e. The van der Waals surface area contributed by atoms with Gasteiger partial charge in [0.05, 0.1) is 11.7 Å². The van der Waals surface area contributed by atoms with Crippen LogP contribution in [0, 0.1) is 13.8 Å². The van der Waals surface area contributed by atoms with Gasteiger partial charge in [-0.1, -0.05) is 11.6 Å². The molecule has 0 saturated carbocycles. The topological polar surface area (TPSA) is 52.3 Å². The molecule has 0 radical (unpaired) electrons. The van der Waals surface area contributed by atoms with Crippen molar-refractivity contribution in [2.45, 2.75) is 33.8 Å². The van der Waals surface area contributed by atoms with E-state index >= 15 is 0 Å². The van der Waals surface area contributed by atoms with Gasteiger partial charge in [0, 0.05) is 16.3 Å². The monoisotopic (exact) mass is 317 g/mol. The standard InChI is InChI=1S/C18H20ClNO2/c1-10(2)22-18-11(3)9-15(19)12(4)16(18)17(21)13-5-7-14(20)8-6-13/h5-10H,20H2,1-4H3. The molecule has 0 aromatic heterocycles. The molecule has 0 unspecified atom stereocenters. The summed E-state index contributed by atoms with van der Waals surface area (Å²) in [6, 6.07) is 8.68. The Morgan fingerprint density at radius 1 is 1.18 bits per heavy atom. The van der Waals surface area contributed by atoms with E-state index in [0.717, 1.165) is 11.1 Å². The van der Waals surface area contributed by atoms with E-state index in [4.69, 9.17) is 22.1 Å². The van der Waals surface area contributed by atoms with Crippen LogP contribution >= 0.6 is 11.6 Å². The molecule has 2 N–H and O–H groups in total. The number of rotatable bonds is 4. The minimum Gasteiger partial charge on any atom is -0.490 e. The molecule has 0 saturated heterocycles. The second-order valence-corrected chi connectivity index (χ2v) is 6.03. The van der Waals surface area contributed by atoms with Crippen LogP contribution in [0.5, 0.6) is 5.75 Å². The summed E-state index contributed by atoms with van der Waals surface area (Å²) < 4.78 is 5.87. The van der Waals surface area contributed by atoms with E-state index in [0.29, 0.717) is 27.6 Å². The third-order valence-electron chi connectivity index (χ3n) is 3.42. The molecule has 0 fully saturated rings. The minimum absolute atomic E-state index is 0.0303. The maximum absolute atomic E-state index is 12.9. The molecule has 0 heterocycles. The fourth-order valence-electron chi connectivity index (χ4n) is 2.29. The van der Waals surface area contributed by atoms with Crippen molar-refractivity contribution in [2.75, 3.05) is 5.73 Å². The van der Waals surface area contributed by atoms with Crippen LogP contribution < -0.4 is 10.5 Å². The summed E-state index contributed by atoms with van der Waals surface area (Å²) >= 11 is 6.26. The molecule has 116 valence electrons. The van der Waals surface area contributed by atoms with E-state index < -0.39 is 0 Å². The van der Waals surface area contributed by atoms with Crippen LogP contribution in [0.15, 0.2) is 30.3 Å². The number of ketones is 1. The first kappa shape index (κ1) is 16.4. The maximum Gasteiger partial charge on any atom is 0.197 e. The highest BCUT2D eigenvalue weighted by atomic mass is 35.5. The number of hydrogen-bond donors (Lipinski definition) is 1. The first-order valence-electron chi connectivity index (χ1n) is 7.18. The number of benzene rings is 2. The molecule has 2 rings (SSSR count).